The fourth-order valence-electron chi connectivity index (χ4n) is 1.91. The fourth-order valence-corrected chi connectivity index (χ4v) is 1.91. The molecule has 0 saturated carbocycles. The lowest BCUT2D eigenvalue weighted by atomic mass is 10.00. The summed E-state index contributed by atoms with van der Waals surface area (Å²) in [6.07, 6.45) is -5.97. The predicted octanol–water partition coefficient (Wildman–Crippen LogP) is 3.93. The second-order valence-corrected chi connectivity index (χ2v) is 4.41. The Balaban J connectivity index is 2.30. The number of benzene rings is 2. The smallest absolute Gasteiger partial charge is 0.419 e. The van der Waals surface area contributed by atoms with Crippen LogP contribution in [0.2, 0.25) is 0 Å². The maximum Gasteiger partial charge on any atom is 0.419 e. The van der Waals surface area contributed by atoms with Crippen molar-refractivity contribution in [2.45, 2.75) is 12.3 Å². The second-order valence-electron chi connectivity index (χ2n) is 4.41. The molecule has 1 atom stereocenters. The van der Waals surface area contributed by atoms with Gasteiger partial charge in [0.25, 0.3) is 0 Å². The van der Waals surface area contributed by atoms with Gasteiger partial charge in [-0.3, -0.25) is 0 Å². The molecule has 0 aliphatic heterocycles. The summed E-state index contributed by atoms with van der Waals surface area (Å²) in [6, 6.07) is 8.67. The number of halogens is 4. The topological polar surface area (TPSA) is 29.5 Å². The van der Waals surface area contributed by atoms with E-state index in [4.69, 9.17) is 4.74 Å². The Morgan fingerprint density at radius 1 is 1.00 bits per heavy atom. The van der Waals surface area contributed by atoms with Crippen LogP contribution in [0.4, 0.5) is 17.6 Å². The van der Waals surface area contributed by atoms with Gasteiger partial charge in [0, 0.05) is 0 Å². The standard InChI is InChI=1S/C15H12F4O2/c1-21-11-5-2-9(3-6-11)14(20)10-4-7-12(13(16)8-10)15(17,18)19/h2-8,14,20H,1H3. The van der Waals surface area contributed by atoms with E-state index in [1.54, 1.807) is 24.3 Å². The zero-order chi connectivity index (χ0) is 15.6. The lowest BCUT2D eigenvalue weighted by Gasteiger charge is -2.14. The number of hydrogen-bond donors (Lipinski definition) is 1. The minimum atomic E-state index is -4.76. The van der Waals surface area contributed by atoms with Crippen molar-refractivity contribution in [1.82, 2.24) is 0 Å². The third kappa shape index (κ3) is 3.33. The minimum absolute atomic E-state index is 0.0469. The highest BCUT2D eigenvalue weighted by Gasteiger charge is 2.34. The summed E-state index contributed by atoms with van der Waals surface area (Å²) in [5, 5.41) is 10.1. The molecule has 21 heavy (non-hydrogen) atoms. The average Bonchev–Trinajstić information content (AvgIpc) is 2.45. The van der Waals surface area contributed by atoms with Crippen LogP contribution in [0.5, 0.6) is 5.75 Å². The van der Waals surface area contributed by atoms with Crippen molar-refractivity contribution < 1.29 is 27.4 Å². The maximum absolute atomic E-state index is 13.5. The molecule has 0 amide bonds. The summed E-state index contributed by atoms with van der Waals surface area (Å²) in [5.74, 6) is -0.836. The molecule has 0 aliphatic rings. The Bertz CT molecular complexity index is 621. The quantitative estimate of drug-likeness (QED) is 0.870. The second kappa shape index (κ2) is 5.73. The first-order valence-electron chi connectivity index (χ1n) is 6.01. The van der Waals surface area contributed by atoms with Crippen LogP contribution < -0.4 is 4.74 Å². The molecule has 2 rings (SSSR count). The van der Waals surface area contributed by atoms with Crippen molar-refractivity contribution in [3.05, 3.63) is 65.0 Å². The molecule has 2 nitrogen and oxygen atoms in total. The van der Waals surface area contributed by atoms with Gasteiger partial charge in [0.2, 0.25) is 0 Å². The van der Waals surface area contributed by atoms with E-state index >= 15 is 0 Å². The van der Waals surface area contributed by atoms with Crippen LogP contribution in [0.15, 0.2) is 42.5 Å². The molecular formula is C15H12F4O2. The summed E-state index contributed by atoms with van der Waals surface area (Å²) in [6.45, 7) is 0. The third-order valence-corrected chi connectivity index (χ3v) is 3.05. The first-order valence-corrected chi connectivity index (χ1v) is 6.01. The van der Waals surface area contributed by atoms with E-state index in [1.807, 2.05) is 0 Å². The van der Waals surface area contributed by atoms with Gasteiger partial charge >= 0.3 is 6.18 Å². The fraction of sp³-hybridized carbons (Fsp3) is 0.200. The zero-order valence-electron chi connectivity index (χ0n) is 11.0. The molecule has 2 aromatic carbocycles. The molecule has 112 valence electrons. The molecule has 1 unspecified atom stereocenters. The summed E-state index contributed by atoms with van der Waals surface area (Å²) >= 11 is 0. The Kier molecular flexibility index (Phi) is 4.18. The molecule has 0 saturated heterocycles. The summed E-state index contributed by atoms with van der Waals surface area (Å²) in [5.41, 5.74) is -0.881. The molecule has 0 aliphatic carbocycles. The number of methoxy groups -OCH3 is 1. The van der Waals surface area contributed by atoms with Crippen LogP contribution in [-0.4, -0.2) is 12.2 Å². The van der Waals surface area contributed by atoms with E-state index in [1.165, 1.54) is 7.11 Å². The summed E-state index contributed by atoms with van der Waals surface area (Å²) in [7, 11) is 1.48. The van der Waals surface area contributed by atoms with Gasteiger partial charge in [-0.15, -0.1) is 0 Å². The molecule has 1 N–H and O–H groups in total. The van der Waals surface area contributed by atoms with Crippen molar-refractivity contribution in [3.8, 4) is 5.75 Å². The van der Waals surface area contributed by atoms with Crippen LogP contribution in [-0.2, 0) is 6.18 Å². The maximum atomic E-state index is 13.5. The van der Waals surface area contributed by atoms with Gasteiger partial charge in [0.05, 0.1) is 12.7 Å². The minimum Gasteiger partial charge on any atom is -0.497 e. The number of aliphatic hydroxyl groups is 1. The molecule has 0 heterocycles. The SMILES string of the molecule is COc1ccc(C(O)c2ccc(C(F)(F)F)c(F)c2)cc1. The van der Waals surface area contributed by atoms with Crippen LogP contribution in [0.3, 0.4) is 0 Å². The Labute approximate surface area is 118 Å². The summed E-state index contributed by atoms with van der Waals surface area (Å²) < 4.78 is 55.9. The molecule has 0 radical (unpaired) electrons. The Morgan fingerprint density at radius 3 is 2.05 bits per heavy atom. The van der Waals surface area contributed by atoms with Gasteiger partial charge < -0.3 is 9.84 Å². The highest BCUT2D eigenvalue weighted by Crippen LogP contribution is 2.33. The number of aliphatic hydroxyl groups excluding tert-OH is 1. The molecule has 0 fully saturated rings. The van der Waals surface area contributed by atoms with Crippen LogP contribution in [0, 0.1) is 5.82 Å². The van der Waals surface area contributed by atoms with E-state index < -0.39 is 23.7 Å². The van der Waals surface area contributed by atoms with Gasteiger partial charge in [-0.25, -0.2) is 4.39 Å². The Hall–Kier alpha value is -2.08. The monoisotopic (exact) mass is 300 g/mol. The predicted molar refractivity (Wildman–Crippen MR) is 68.5 cm³/mol. The van der Waals surface area contributed by atoms with Crippen LogP contribution in [0.1, 0.15) is 22.8 Å². The molecule has 0 bridgehead atoms. The van der Waals surface area contributed by atoms with Gasteiger partial charge in [-0.2, -0.15) is 13.2 Å². The molecule has 0 aromatic heterocycles. The van der Waals surface area contributed by atoms with E-state index in [-0.39, 0.29) is 5.56 Å². The normalized spacial score (nSPS) is 13.0. The average molecular weight is 300 g/mol. The molecule has 0 spiro atoms. The first kappa shape index (κ1) is 15.3. The Morgan fingerprint density at radius 2 is 1.57 bits per heavy atom. The summed E-state index contributed by atoms with van der Waals surface area (Å²) in [4.78, 5) is 0. The van der Waals surface area contributed by atoms with E-state index in [9.17, 15) is 22.7 Å². The zero-order valence-corrected chi connectivity index (χ0v) is 11.0. The highest BCUT2D eigenvalue weighted by molar-refractivity contribution is 5.36. The molecular weight excluding hydrogens is 288 g/mol. The van der Waals surface area contributed by atoms with E-state index in [0.717, 1.165) is 6.07 Å². The third-order valence-electron chi connectivity index (χ3n) is 3.05. The molecule has 2 aromatic rings. The number of ether oxygens (including phenoxy) is 1. The lowest BCUT2D eigenvalue weighted by Crippen LogP contribution is -2.09. The highest BCUT2D eigenvalue weighted by atomic mass is 19.4. The molecule has 6 heteroatoms. The van der Waals surface area contributed by atoms with Gasteiger partial charge in [-0.05, 0) is 35.4 Å². The van der Waals surface area contributed by atoms with Crippen LogP contribution in [0.25, 0.3) is 0 Å². The van der Waals surface area contributed by atoms with Gasteiger partial charge in [0.15, 0.2) is 0 Å². The number of hydrogen-bond acceptors (Lipinski definition) is 2. The van der Waals surface area contributed by atoms with Gasteiger partial charge in [0.1, 0.15) is 17.7 Å². The number of alkyl halides is 3. The van der Waals surface area contributed by atoms with Crippen molar-refractivity contribution >= 4 is 0 Å². The van der Waals surface area contributed by atoms with Crippen molar-refractivity contribution in [2.24, 2.45) is 0 Å². The lowest BCUT2D eigenvalue weighted by molar-refractivity contribution is -0.140. The van der Waals surface area contributed by atoms with Crippen molar-refractivity contribution in [2.75, 3.05) is 7.11 Å². The van der Waals surface area contributed by atoms with Crippen LogP contribution >= 0.6 is 0 Å². The van der Waals surface area contributed by atoms with Crippen molar-refractivity contribution in [3.63, 3.8) is 0 Å². The van der Waals surface area contributed by atoms with E-state index in [0.29, 0.717) is 23.4 Å². The van der Waals surface area contributed by atoms with E-state index in [2.05, 4.69) is 0 Å². The number of rotatable bonds is 3. The van der Waals surface area contributed by atoms with Gasteiger partial charge in [-0.1, -0.05) is 18.2 Å². The first-order chi connectivity index (χ1) is 9.82. The van der Waals surface area contributed by atoms with Crippen molar-refractivity contribution in [1.29, 1.82) is 0 Å². The largest absolute Gasteiger partial charge is 0.497 e.